The third-order valence-electron chi connectivity index (χ3n) is 5.18. The number of aromatic nitrogens is 4. The van der Waals surface area contributed by atoms with Crippen LogP contribution in [0.1, 0.15) is 15.9 Å². The number of hydrogen-bond donors (Lipinski definition) is 3. The minimum Gasteiger partial charge on any atom is -0.507 e. The molecule has 0 saturated carbocycles. The fraction of sp³-hybridized carbons (Fsp3) is 0.130. The van der Waals surface area contributed by atoms with E-state index in [9.17, 15) is 19.5 Å². The number of phenols is 1. The van der Waals surface area contributed by atoms with Crippen molar-refractivity contribution in [1.29, 1.82) is 0 Å². The number of anilines is 1. The Labute approximate surface area is 188 Å². The molecule has 10 heteroatoms. The Balaban J connectivity index is 1.73. The van der Waals surface area contributed by atoms with E-state index in [-0.39, 0.29) is 35.0 Å². The fourth-order valence-corrected chi connectivity index (χ4v) is 3.42. The third-order valence-corrected chi connectivity index (χ3v) is 5.18. The average Bonchev–Trinajstić information content (AvgIpc) is 3.19. The molecule has 2 aromatic carbocycles. The van der Waals surface area contributed by atoms with Gasteiger partial charge in [-0.05, 0) is 17.7 Å². The molecular weight excluding hydrogens is 424 g/mol. The Morgan fingerprint density at radius 3 is 2.45 bits per heavy atom. The normalized spacial score (nSPS) is 11.2. The SMILES string of the molecule is Cn1c(=O)c2c(nc(NNC(=O)c3ccccc3O)n2C/C=C/c2ccccc2)n(C)c1=O. The van der Waals surface area contributed by atoms with Gasteiger partial charge >= 0.3 is 5.69 Å². The predicted octanol–water partition coefficient (Wildman–Crippen LogP) is 1.61. The number of aromatic hydroxyl groups is 1. The molecule has 2 aromatic heterocycles. The molecule has 2 heterocycles. The summed E-state index contributed by atoms with van der Waals surface area (Å²) in [5.74, 6) is -0.606. The number of para-hydroxylation sites is 1. The number of benzene rings is 2. The highest BCUT2D eigenvalue weighted by molar-refractivity contribution is 5.97. The van der Waals surface area contributed by atoms with Gasteiger partial charge in [0.2, 0.25) is 5.95 Å². The Morgan fingerprint density at radius 1 is 1.03 bits per heavy atom. The number of hydrazine groups is 1. The Kier molecular flexibility index (Phi) is 5.81. The summed E-state index contributed by atoms with van der Waals surface area (Å²) in [4.78, 5) is 42.1. The summed E-state index contributed by atoms with van der Waals surface area (Å²) in [7, 11) is 2.92. The molecule has 0 radical (unpaired) electrons. The molecule has 10 nitrogen and oxygen atoms in total. The molecule has 0 atom stereocenters. The first-order chi connectivity index (χ1) is 15.9. The van der Waals surface area contributed by atoms with Gasteiger partial charge in [0, 0.05) is 20.6 Å². The topological polar surface area (TPSA) is 123 Å². The van der Waals surface area contributed by atoms with Gasteiger partial charge in [0.25, 0.3) is 11.5 Å². The van der Waals surface area contributed by atoms with E-state index in [4.69, 9.17) is 0 Å². The van der Waals surface area contributed by atoms with Crippen LogP contribution in [0, 0.1) is 0 Å². The van der Waals surface area contributed by atoms with Crippen molar-refractivity contribution in [2.75, 3.05) is 5.43 Å². The molecule has 0 spiro atoms. The Bertz CT molecular complexity index is 1480. The van der Waals surface area contributed by atoms with Crippen molar-refractivity contribution >= 4 is 29.1 Å². The van der Waals surface area contributed by atoms with Crippen LogP contribution in [-0.2, 0) is 20.6 Å². The van der Waals surface area contributed by atoms with Crippen molar-refractivity contribution in [1.82, 2.24) is 24.1 Å². The van der Waals surface area contributed by atoms with Crippen LogP contribution < -0.4 is 22.1 Å². The zero-order valence-corrected chi connectivity index (χ0v) is 18.0. The number of amides is 1. The molecule has 0 aliphatic carbocycles. The maximum Gasteiger partial charge on any atom is 0.332 e. The number of fused-ring (bicyclic) bond motifs is 1. The lowest BCUT2D eigenvalue weighted by molar-refractivity contribution is 0.0959. The third kappa shape index (κ3) is 4.13. The van der Waals surface area contributed by atoms with Crippen molar-refractivity contribution in [2.45, 2.75) is 6.54 Å². The molecule has 168 valence electrons. The number of aryl methyl sites for hydroxylation is 1. The minimum absolute atomic E-state index is 0.0694. The van der Waals surface area contributed by atoms with Crippen molar-refractivity contribution in [3.05, 3.63) is 92.6 Å². The highest BCUT2D eigenvalue weighted by Crippen LogP contribution is 2.17. The summed E-state index contributed by atoms with van der Waals surface area (Å²) in [6, 6.07) is 15.7. The standard InChI is InChI=1S/C23H22N6O4/c1-27-19-18(21(32)28(2)23(27)33)29(14-8-11-15-9-4-3-5-10-15)22(24-19)26-25-20(31)16-12-6-7-13-17(16)30/h3-13,30H,14H2,1-2H3,(H,24,26)(H,25,31)/b11-8+. The van der Waals surface area contributed by atoms with Gasteiger partial charge < -0.3 is 5.11 Å². The zero-order valence-electron chi connectivity index (χ0n) is 18.0. The van der Waals surface area contributed by atoms with Crippen LogP contribution in [0.3, 0.4) is 0 Å². The van der Waals surface area contributed by atoms with Crippen LogP contribution in [0.5, 0.6) is 5.75 Å². The van der Waals surface area contributed by atoms with E-state index < -0.39 is 17.2 Å². The largest absolute Gasteiger partial charge is 0.507 e. The van der Waals surface area contributed by atoms with Gasteiger partial charge in [-0.1, -0.05) is 54.6 Å². The summed E-state index contributed by atoms with van der Waals surface area (Å²) >= 11 is 0. The highest BCUT2D eigenvalue weighted by atomic mass is 16.3. The maximum atomic E-state index is 12.9. The first-order valence-electron chi connectivity index (χ1n) is 10.1. The number of hydrogen-bond acceptors (Lipinski definition) is 6. The predicted molar refractivity (Wildman–Crippen MR) is 125 cm³/mol. The van der Waals surface area contributed by atoms with E-state index in [1.807, 2.05) is 42.5 Å². The van der Waals surface area contributed by atoms with E-state index in [0.717, 1.165) is 10.1 Å². The van der Waals surface area contributed by atoms with Crippen molar-refractivity contribution < 1.29 is 9.90 Å². The van der Waals surface area contributed by atoms with Gasteiger partial charge in [-0.2, -0.15) is 4.98 Å². The molecule has 33 heavy (non-hydrogen) atoms. The number of imidazole rings is 1. The summed E-state index contributed by atoms with van der Waals surface area (Å²) in [5.41, 5.74) is 5.60. The first kappa shape index (κ1) is 21.6. The number of carbonyl (C=O) groups is 1. The zero-order chi connectivity index (χ0) is 23.5. The number of nitrogens with zero attached hydrogens (tertiary/aromatic N) is 4. The lowest BCUT2D eigenvalue weighted by Crippen LogP contribution is -2.37. The summed E-state index contributed by atoms with van der Waals surface area (Å²) in [6.07, 6.45) is 3.74. The van der Waals surface area contributed by atoms with E-state index in [2.05, 4.69) is 15.8 Å². The molecule has 0 aliphatic heterocycles. The van der Waals surface area contributed by atoms with Crippen LogP contribution in [0.15, 0.2) is 70.3 Å². The Hall–Kier alpha value is -4.60. The van der Waals surface area contributed by atoms with Crippen LogP contribution in [-0.4, -0.2) is 29.7 Å². The average molecular weight is 446 g/mol. The van der Waals surface area contributed by atoms with Gasteiger partial charge in [0.1, 0.15) is 5.75 Å². The first-order valence-corrected chi connectivity index (χ1v) is 10.1. The van der Waals surface area contributed by atoms with Gasteiger partial charge in [-0.3, -0.25) is 34.1 Å². The monoisotopic (exact) mass is 446 g/mol. The van der Waals surface area contributed by atoms with Crippen molar-refractivity contribution in [3.8, 4) is 5.75 Å². The molecule has 0 unspecified atom stereocenters. The van der Waals surface area contributed by atoms with Crippen molar-refractivity contribution in [2.24, 2.45) is 14.1 Å². The van der Waals surface area contributed by atoms with E-state index in [1.165, 1.54) is 30.8 Å². The molecule has 4 rings (SSSR count). The Morgan fingerprint density at radius 2 is 1.73 bits per heavy atom. The number of carbonyl (C=O) groups excluding carboxylic acids is 1. The molecule has 3 N–H and O–H groups in total. The lowest BCUT2D eigenvalue weighted by atomic mass is 10.2. The fourth-order valence-electron chi connectivity index (χ4n) is 3.42. The van der Waals surface area contributed by atoms with Crippen LogP contribution in [0.4, 0.5) is 5.95 Å². The van der Waals surface area contributed by atoms with E-state index >= 15 is 0 Å². The molecule has 0 fully saturated rings. The molecule has 0 saturated heterocycles. The van der Waals surface area contributed by atoms with Gasteiger partial charge in [0.15, 0.2) is 11.2 Å². The van der Waals surface area contributed by atoms with E-state index in [0.29, 0.717) is 0 Å². The molecule has 4 aromatic rings. The van der Waals surface area contributed by atoms with Crippen molar-refractivity contribution in [3.63, 3.8) is 0 Å². The lowest BCUT2D eigenvalue weighted by Gasteiger charge is -2.11. The second kappa shape index (κ2) is 8.87. The van der Waals surface area contributed by atoms with Gasteiger partial charge in [-0.15, -0.1) is 0 Å². The maximum absolute atomic E-state index is 12.9. The number of nitrogens with one attached hydrogen (secondary N) is 2. The number of phenolic OH excluding ortho intramolecular Hbond substituents is 1. The van der Waals surface area contributed by atoms with Crippen LogP contribution in [0.25, 0.3) is 17.2 Å². The van der Waals surface area contributed by atoms with E-state index in [1.54, 1.807) is 16.7 Å². The minimum atomic E-state index is -0.590. The summed E-state index contributed by atoms with van der Waals surface area (Å²) in [6.45, 7) is 0.244. The van der Waals surface area contributed by atoms with Crippen LogP contribution >= 0.6 is 0 Å². The summed E-state index contributed by atoms with van der Waals surface area (Å²) < 4.78 is 3.84. The highest BCUT2D eigenvalue weighted by Gasteiger charge is 2.19. The second-order valence-corrected chi connectivity index (χ2v) is 7.33. The number of rotatable bonds is 6. The second-order valence-electron chi connectivity index (χ2n) is 7.33. The quantitative estimate of drug-likeness (QED) is 0.387. The van der Waals surface area contributed by atoms with Gasteiger partial charge in [-0.25, -0.2) is 4.79 Å². The molecule has 1 amide bonds. The van der Waals surface area contributed by atoms with Gasteiger partial charge in [0.05, 0.1) is 5.56 Å². The van der Waals surface area contributed by atoms with Crippen LogP contribution in [0.2, 0.25) is 0 Å². The molecule has 0 aliphatic rings. The summed E-state index contributed by atoms with van der Waals surface area (Å²) in [5, 5.41) is 9.90. The number of allylic oxidation sites excluding steroid dienone is 1. The molecular formula is C23H22N6O4. The smallest absolute Gasteiger partial charge is 0.332 e. The molecule has 0 bridgehead atoms.